The van der Waals surface area contributed by atoms with E-state index in [0.29, 0.717) is 35.2 Å². The van der Waals surface area contributed by atoms with Gasteiger partial charge in [-0.15, -0.1) is 10.2 Å². The van der Waals surface area contributed by atoms with Crippen molar-refractivity contribution in [3.8, 4) is 0 Å². The van der Waals surface area contributed by atoms with Crippen molar-refractivity contribution in [2.45, 2.75) is 32.9 Å². The van der Waals surface area contributed by atoms with Crippen molar-refractivity contribution in [1.82, 2.24) is 14.8 Å². The number of aromatic nitrogens is 3. The first-order valence-electron chi connectivity index (χ1n) is 6.10. The van der Waals surface area contributed by atoms with Crippen LogP contribution in [0.2, 0.25) is 5.02 Å². The number of hydrogen-bond acceptors (Lipinski definition) is 3. The van der Waals surface area contributed by atoms with E-state index in [1.54, 1.807) is 12.1 Å². The Balaban J connectivity index is 2.41. The van der Waals surface area contributed by atoms with Crippen LogP contribution in [0.15, 0.2) is 18.2 Å². The summed E-state index contributed by atoms with van der Waals surface area (Å²) in [5.41, 5.74) is 6.06. The van der Waals surface area contributed by atoms with Gasteiger partial charge in [-0.05, 0) is 26.0 Å². The van der Waals surface area contributed by atoms with E-state index in [2.05, 4.69) is 10.2 Å². The van der Waals surface area contributed by atoms with Crippen LogP contribution in [-0.4, -0.2) is 14.8 Å². The predicted octanol–water partition coefficient (Wildman–Crippen LogP) is 2.70. The van der Waals surface area contributed by atoms with Crippen molar-refractivity contribution in [3.05, 3.63) is 46.3 Å². The lowest BCUT2D eigenvalue weighted by Crippen LogP contribution is -2.14. The van der Waals surface area contributed by atoms with Gasteiger partial charge in [0.05, 0.1) is 6.54 Å². The van der Waals surface area contributed by atoms with E-state index in [1.165, 1.54) is 6.07 Å². The molecule has 19 heavy (non-hydrogen) atoms. The van der Waals surface area contributed by atoms with E-state index in [-0.39, 0.29) is 11.9 Å². The minimum absolute atomic E-state index is 0.161. The van der Waals surface area contributed by atoms with E-state index >= 15 is 0 Å². The fourth-order valence-electron chi connectivity index (χ4n) is 2.08. The first-order chi connectivity index (χ1) is 9.04. The van der Waals surface area contributed by atoms with Gasteiger partial charge in [-0.1, -0.05) is 17.7 Å². The first-order valence-corrected chi connectivity index (χ1v) is 6.48. The van der Waals surface area contributed by atoms with Crippen LogP contribution >= 0.6 is 11.6 Å². The Hall–Kier alpha value is -1.46. The molecule has 0 aliphatic rings. The lowest BCUT2D eigenvalue weighted by molar-refractivity contribution is 0.543. The lowest BCUT2D eigenvalue weighted by atomic mass is 10.1. The van der Waals surface area contributed by atoms with Gasteiger partial charge in [0.25, 0.3) is 0 Å². The molecule has 0 atom stereocenters. The van der Waals surface area contributed by atoms with Crippen LogP contribution in [0.1, 0.15) is 37.1 Å². The Labute approximate surface area is 116 Å². The molecule has 2 aromatic rings. The van der Waals surface area contributed by atoms with Crippen molar-refractivity contribution in [2.75, 3.05) is 0 Å². The van der Waals surface area contributed by atoms with Crippen molar-refractivity contribution in [2.24, 2.45) is 5.73 Å². The quantitative estimate of drug-likeness (QED) is 0.938. The summed E-state index contributed by atoms with van der Waals surface area (Å²) in [5.74, 6) is 1.03. The molecule has 0 saturated carbocycles. The molecule has 0 aliphatic carbocycles. The van der Waals surface area contributed by atoms with Crippen LogP contribution in [0.25, 0.3) is 0 Å². The zero-order valence-electron chi connectivity index (χ0n) is 10.9. The third-order valence-corrected chi connectivity index (χ3v) is 3.29. The maximum absolute atomic E-state index is 13.8. The molecule has 2 N–H and O–H groups in total. The number of nitrogens with zero attached hydrogens (tertiary/aromatic N) is 3. The lowest BCUT2D eigenvalue weighted by Gasteiger charge is -2.14. The molecule has 1 aromatic carbocycles. The molecule has 1 aromatic heterocycles. The molecule has 2 rings (SSSR count). The van der Waals surface area contributed by atoms with Crippen molar-refractivity contribution in [3.63, 3.8) is 0 Å². The molecule has 102 valence electrons. The standard InChI is InChI=1S/C13H16ClFN4/c1-8(2)19-12(17-18-13(19)7-16)6-9-10(14)4-3-5-11(9)15/h3-5,8H,6-7,16H2,1-2H3. The van der Waals surface area contributed by atoms with Gasteiger partial charge in [0.2, 0.25) is 0 Å². The molecule has 0 aliphatic heterocycles. The van der Waals surface area contributed by atoms with Crippen LogP contribution in [0.3, 0.4) is 0 Å². The zero-order valence-corrected chi connectivity index (χ0v) is 11.7. The fourth-order valence-corrected chi connectivity index (χ4v) is 2.31. The van der Waals surface area contributed by atoms with Gasteiger partial charge in [-0.2, -0.15) is 0 Å². The summed E-state index contributed by atoms with van der Waals surface area (Å²) < 4.78 is 15.7. The molecule has 0 unspecified atom stereocenters. The number of benzene rings is 1. The van der Waals surface area contributed by atoms with E-state index in [9.17, 15) is 4.39 Å². The normalized spacial score (nSPS) is 11.3. The van der Waals surface area contributed by atoms with Crippen LogP contribution < -0.4 is 5.73 Å². The Kier molecular flexibility index (Phi) is 4.17. The second-order valence-electron chi connectivity index (χ2n) is 4.58. The summed E-state index contributed by atoms with van der Waals surface area (Å²) in [6, 6.07) is 4.80. The predicted molar refractivity (Wildman–Crippen MR) is 72.5 cm³/mol. The summed E-state index contributed by atoms with van der Waals surface area (Å²) >= 11 is 6.03. The largest absolute Gasteiger partial charge is 0.324 e. The molecular formula is C13H16ClFN4. The molecular weight excluding hydrogens is 267 g/mol. The zero-order chi connectivity index (χ0) is 14.0. The Morgan fingerprint density at radius 2 is 2.00 bits per heavy atom. The SMILES string of the molecule is CC(C)n1c(CN)nnc1Cc1c(F)cccc1Cl. The number of halogens is 2. The number of rotatable bonds is 4. The summed E-state index contributed by atoms with van der Waals surface area (Å²) in [7, 11) is 0. The maximum atomic E-state index is 13.8. The van der Waals surface area contributed by atoms with E-state index in [1.807, 2.05) is 18.4 Å². The second kappa shape index (κ2) is 5.67. The fraction of sp³-hybridized carbons (Fsp3) is 0.385. The molecule has 0 radical (unpaired) electrons. The van der Waals surface area contributed by atoms with Crippen LogP contribution in [0.4, 0.5) is 4.39 Å². The number of nitrogens with two attached hydrogens (primary N) is 1. The highest BCUT2D eigenvalue weighted by molar-refractivity contribution is 6.31. The molecule has 0 spiro atoms. The van der Waals surface area contributed by atoms with E-state index in [0.717, 1.165) is 0 Å². The molecule has 0 saturated heterocycles. The van der Waals surface area contributed by atoms with E-state index < -0.39 is 0 Å². The van der Waals surface area contributed by atoms with Gasteiger partial charge in [0, 0.05) is 23.0 Å². The summed E-state index contributed by atoms with van der Waals surface area (Å²) in [6.45, 7) is 4.32. The van der Waals surface area contributed by atoms with Crippen molar-refractivity contribution < 1.29 is 4.39 Å². The minimum atomic E-state index is -0.333. The minimum Gasteiger partial charge on any atom is -0.324 e. The van der Waals surface area contributed by atoms with Gasteiger partial charge in [-0.25, -0.2) is 4.39 Å². The Morgan fingerprint density at radius 3 is 2.58 bits per heavy atom. The highest BCUT2D eigenvalue weighted by atomic mass is 35.5. The molecule has 6 heteroatoms. The molecule has 0 bridgehead atoms. The van der Waals surface area contributed by atoms with Gasteiger partial charge in [-0.3, -0.25) is 0 Å². The smallest absolute Gasteiger partial charge is 0.147 e. The van der Waals surface area contributed by atoms with Gasteiger partial charge in [0.15, 0.2) is 0 Å². The maximum Gasteiger partial charge on any atom is 0.147 e. The monoisotopic (exact) mass is 282 g/mol. The van der Waals surface area contributed by atoms with Crippen molar-refractivity contribution in [1.29, 1.82) is 0 Å². The van der Waals surface area contributed by atoms with Gasteiger partial charge < -0.3 is 10.3 Å². The molecule has 1 heterocycles. The Morgan fingerprint density at radius 1 is 1.32 bits per heavy atom. The topological polar surface area (TPSA) is 56.7 Å². The average Bonchev–Trinajstić information content (AvgIpc) is 2.77. The van der Waals surface area contributed by atoms with E-state index in [4.69, 9.17) is 17.3 Å². The summed E-state index contributed by atoms with van der Waals surface area (Å²) in [6.07, 6.45) is 0.302. The number of hydrogen-bond donors (Lipinski definition) is 1. The van der Waals surface area contributed by atoms with Crippen molar-refractivity contribution >= 4 is 11.6 Å². The molecule has 0 amide bonds. The first kappa shape index (κ1) is 14.0. The van der Waals surface area contributed by atoms with Crippen LogP contribution in [0, 0.1) is 5.82 Å². The highest BCUT2D eigenvalue weighted by Crippen LogP contribution is 2.23. The second-order valence-corrected chi connectivity index (χ2v) is 4.98. The molecule has 0 fully saturated rings. The van der Waals surface area contributed by atoms with Crippen LogP contribution in [0.5, 0.6) is 0 Å². The highest BCUT2D eigenvalue weighted by Gasteiger charge is 2.17. The third-order valence-electron chi connectivity index (χ3n) is 2.93. The molecule has 4 nitrogen and oxygen atoms in total. The van der Waals surface area contributed by atoms with Gasteiger partial charge >= 0.3 is 0 Å². The average molecular weight is 283 g/mol. The van der Waals surface area contributed by atoms with Gasteiger partial charge in [0.1, 0.15) is 17.5 Å². The Bertz CT molecular complexity index is 560. The third kappa shape index (κ3) is 2.77. The summed E-state index contributed by atoms with van der Waals surface area (Å²) in [4.78, 5) is 0. The summed E-state index contributed by atoms with van der Waals surface area (Å²) in [5, 5.41) is 8.52. The van der Waals surface area contributed by atoms with Crippen LogP contribution in [-0.2, 0) is 13.0 Å².